The van der Waals surface area contributed by atoms with E-state index >= 15 is 0 Å². The van der Waals surface area contributed by atoms with E-state index in [1.807, 2.05) is 48.8 Å². The minimum Gasteiger partial charge on any atom is -0.314 e. The quantitative estimate of drug-likeness (QED) is 0.773. The predicted molar refractivity (Wildman–Crippen MR) is 73.7 cm³/mol. The van der Waals surface area contributed by atoms with Crippen LogP contribution in [0.25, 0.3) is 17.0 Å². The van der Waals surface area contributed by atoms with Gasteiger partial charge in [-0.2, -0.15) is 5.10 Å². The lowest BCUT2D eigenvalue weighted by molar-refractivity contribution is 0.744. The number of imidazole rings is 1. The molecule has 0 aliphatic rings. The van der Waals surface area contributed by atoms with E-state index in [1.54, 1.807) is 6.20 Å². The summed E-state index contributed by atoms with van der Waals surface area (Å²) in [7, 11) is 1.92. The van der Waals surface area contributed by atoms with E-state index in [0.717, 1.165) is 35.0 Å². The van der Waals surface area contributed by atoms with Crippen molar-refractivity contribution < 1.29 is 0 Å². The van der Waals surface area contributed by atoms with Gasteiger partial charge in [0.25, 0.3) is 0 Å². The van der Waals surface area contributed by atoms with E-state index in [1.165, 1.54) is 0 Å². The van der Waals surface area contributed by atoms with Gasteiger partial charge in [0.05, 0.1) is 17.1 Å². The molecule has 0 saturated heterocycles. The van der Waals surface area contributed by atoms with Crippen LogP contribution < -0.4 is 5.32 Å². The molecule has 0 aliphatic heterocycles. The molecule has 96 valence electrons. The number of rotatable bonds is 3. The van der Waals surface area contributed by atoms with Crippen LogP contribution in [0.4, 0.5) is 0 Å². The fourth-order valence-electron chi connectivity index (χ4n) is 2.11. The maximum atomic E-state index is 4.64. The van der Waals surface area contributed by atoms with Gasteiger partial charge in [-0.05, 0) is 38.2 Å². The van der Waals surface area contributed by atoms with Gasteiger partial charge in [-0.25, -0.2) is 9.50 Å². The van der Waals surface area contributed by atoms with E-state index in [-0.39, 0.29) is 0 Å². The summed E-state index contributed by atoms with van der Waals surface area (Å²) in [6, 6.07) is 9.74. The van der Waals surface area contributed by atoms with Crippen molar-refractivity contribution in [3.05, 3.63) is 47.9 Å². The van der Waals surface area contributed by atoms with Crippen LogP contribution in [0.3, 0.4) is 0 Å². The molecule has 0 amide bonds. The Labute approximate surface area is 111 Å². The molecule has 0 aromatic carbocycles. The van der Waals surface area contributed by atoms with Crippen molar-refractivity contribution in [3.8, 4) is 11.4 Å². The first-order valence-electron chi connectivity index (χ1n) is 6.21. The second-order valence-corrected chi connectivity index (χ2v) is 4.38. The summed E-state index contributed by atoms with van der Waals surface area (Å²) in [5.41, 5.74) is 4.66. The number of pyridine rings is 1. The third-order valence-electron chi connectivity index (χ3n) is 3.04. The van der Waals surface area contributed by atoms with Gasteiger partial charge in [0.1, 0.15) is 5.69 Å². The first-order valence-corrected chi connectivity index (χ1v) is 6.21. The maximum Gasteiger partial charge on any atom is 0.154 e. The summed E-state index contributed by atoms with van der Waals surface area (Å²) in [6.07, 6.45) is 1.77. The number of hydrogen-bond donors (Lipinski definition) is 1. The Morgan fingerprint density at radius 1 is 1.16 bits per heavy atom. The molecule has 0 radical (unpaired) electrons. The molecule has 5 nitrogen and oxygen atoms in total. The molecule has 0 aliphatic carbocycles. The maximum absolute atomic E-state index is 4.64. The van der Waals surface area contributed by atoms with Crippen molar-refractivity contribution in [1.29, 1.82) is 0 Å². The van der Waals surface area contributed by atoms with E-state index in [9.17, 15) is 0 Å². The Balaban J connectivity index is 2.17. The van der Waals surface area contributed by atoms with Crippen LogP contribution in [0, 0.1) is 6.92 Å². The van der Waals surface area contributed by atoms with Crippen molar-refractivity contribution in [2.75, 3.05) is 7.05 Å². The fourth-order valence-corrected chi connectivity index (χ4v) is 2.11. The lowest BCUT2D eigenvalue weighted by Gasteiger charge is -2.03. The van der Waals surface area contributed by atoms with Crippen LogP contribution in [0.1, 0.15) is 11.4 Å². The Hall–Kier alpha value is -2.27. The molecule has 0 fully saturated rings. The molecule has 0 spiro atoms. The van der Waals surface area contributed by atoms with Gasteiger partial charge in [-0.3, -0.25) is 4.98 Å². The molecule has 3 heterocycles. The Morgan fingerprint density at radius 2 is 2.05 bits per heavy atom. The summed E-state index contributed by atoms with van der Waals surface area (Å²) < 4.78 is 1.88. The van der Waals surface area contributed by atoms with Crippen LogP contribution in [0.2, 0.25) is 0 Å². The SMILES string of the molecule is CNCc1c(C)nc2ccc(-c3ccccn3)nn12. The smallest absolute Gasteiger partial charge is 0.154 e. The highest BCUT2D eigenvalue weighted by Crippen LogP contribution is 2.16. The lowest BCUT2D eigenvalue weighted by Crippen LogP contribution is -2.10. The van der Waals surface area contributed by atoms with Gasteiger partial charge in [0, 0.05) is 12.7 Å². The standard InChI is InChI=1S/C14H15N5/c1-10-13(9-15-2)19-14(17-10)7-6-12(18-19)11-5-3-4-8-16-11/h3-8,15H,9H2,1-2H3. The third kappa shape index (κ3) is 2.08. The molecule has 0 saturated carbocycles. The highest BCUT2D eigenvalue weighted by molar-refractivity contribution is 5.56. The van der Waals surface area contributed by atoms with Gasteiger partial charge in [0.2, 0.25) is 0 Å². The molecular weight excluding hydrogens is 238 g/mol. The second kappa shape index (κ2) is 4.78. The number of hydrogen-bond acceptors (Lipinski definition) is 4. The molecule has 3 rings (SSSR count). The average molecular weight is 253 g/mol. The van der Waals surface area contributed by atoms with Gasteiger partial charge in [-0.15, -0.1) is 0 Å². The minimum atomic E-state index is 0.742. The molecule has 0 atom stereocenters. The van der Waals surface area contributed by atoms with Crippen LogP contribution in [0.5, 0.6) is 0 Å². The molecular formula is C14H15N5. The van der Waals surface area contributed by atoms with E-state index < -0.39 is 0 Å². The number of nitrogens with zero attached hydrogens (tertiary/aromatic N) is 4. The van der Waals surface area contributed by atoms with Crippen LogP contribution in [0.15, 0.2) is 36.5 Å². The van der Waals surface area contributed by atoms with E-state index in [4.69, 9.17) is 0 Å². The molecule has 1 N–H and O–H groups in total. The summed E-state index contributed by atoms with van der Waals surface area (Å²) in [5.74, 6) is 0. The van der Waals surface area contributed by atoms with Gasteiger partial charge in [-0.1, -0.05) is 6.07 Å². The Bertz CT molecular complexity index is 702. The zero-order valence-corrected chi connectivity index (χ0v) is 11.0. The van der Waals surface area contributed by atoms with Crippen molar-refractivity contribution >= 4 is 5.65 Å². The molecule has 0 unspecified atom stereocenters. The van der Waals surface area contributed by atoms with Crippen molar-refractivity contribution in [1.82, 2.24) is 24.9 Å². The van der Waals surface area contributed by atoms with Crippen LogP contribution in [-0.2, 0) is 6.54 Å². The second-order valence-electron chi connectivity index (χ2n) is 4.38. The molecule has 3 aromatic heterocycles. The number of aromatic nitrogens is 4. The lowest BCUT2D eigenvalue weighted by atomic mass is 10.2. The normalized spacial score (nSPS) is 11.1. The number of aryl methyl sites for hydroxylation is 1. The molecule has 5 heteroatoms. The zero-order chi connectivity index (χ0) is 13.2. The molecule has 19 heavy (non-hydrogen) atoms. The Kier molecular flexibility index (Phi) is 2.97. The van der Waals surface area contributed by atoms with Gasteiger partial charge < -0.3 is 5.32 Å². The van der Waals surface area contributed by atoms with Crippen molar-refractivity contribution in [3.63, 3.8) is 0 Å². The number of fused-ring (bicyclic) bond motifs is 1. The Morgan fingerprint density at radius 3 is 2.79 bits per heavy atom. The summed E-state index contributed by atoms with van der Waals surface area (Å²) in [6.45, 7) is 2.74. The summed E-state index contributed by atoms with van der Waals surface area (Å²) >= 11 is 0. The first-order chi connectivity index (χ1) is 9.29. The first kappa shape index (κ1) is 11.8. The van der Waals surface area contributed by atoms with Crippen LogP contribution >= 0.6 is 0 Å². The van der Waals surface area contributed by atoms with Crippen molar-refractivity contribution in [2.45, 2.75) is 13.5 Å². The van der Waals surface area contributed by atoms with Crippen LogP contribution in [-0.4, -0.2) is 26.6 Å². The minimum absolute atomic E-state index is 0.742. The van der Waals surface area contributed by atoms with Gasteiger partial charge in [0.15, 0.2) is 5.65 Å². The number of nitrogens with one attached hydrogen (secondary N) is 1. The third-order valence-corrected chi connectivity index (χ3v) is 3.04. The average Bonchev–Trinajstić information content (AvgIpc) is 2.76. The zero-order valence-electron chi connectivity index (χ0n) is 11.0. The summed E-state index contributed by atoms with van der Waals surface area (Å²) in [5, 5.41) is 7.78. The topological polar surface area (TPSA) is 55.1 Å². The van der Waals surface area contributed by atoms with E-state index in [2.05, 4.69) is 20.4 Å². The van der Waals surface area contributed by atoms with E-state index in [0.29, 0.717) is 0 Å². The largest absolute Gasteiger partial charge is 0.314 e. The fraction of sp³-hybridized carbons (Fsp3) is 0.214. The van der Waals surface area contributed by atoms with Gasteiger partial charge >= 0.3 is 0 Å². The highest BCUT2D eigenvalue weighted by Gasteiger charge is 2.10. The monoisotopic (exact) mass is 253 g/mol. The molecule has 0 bridgehead atoms. The highest BCUT2D eigenvalue weighted by atomic mass is 15.3. The molecule has 3 aromatic rings. The predicted octanol–water partition coefficient (Wildman–Crippen LogP) is 1.82. The summed E-state index contributed by atoms with van der Waals surface area (Å²) in [4.78, 5) is 8.83. The van der Waals surface area contributed by atoms with Crippen molar-refractivity contribution in [2.24, 2.45) is 0 Å².